The molecular weight excluding hydrogens is 256 g/mol. The summed E-state index contributed by atoms with van der Waals surface area (Å²) < 4.78 is 0.925. The van der Waals surface area contributed by atoms with Gasteiger partial charge in [0, 0.05) is 17.6 Å². The lowest BCUT2D eigenvalue weighted by atomic mass is 10.1. The molecule has 3 nitrogen and oxygen atoms in total. The number of nitrogens with zero attached hydrogens (tertiary/aromatic N) is 2. The minimum absolute atomic E-state index is 0.00796. The van der Waals surface area contributed by atoms with Crippen molar-refractivity contribution in [2.24, 2.45) is 0 Å². The maximum absolute atomic E-state index is 9.06. The van der Waals surface area contributed by atoms with Crippen molar-refractivity contribution >= 4 is 21.6 Å². The number of halogens is 1. The molecule has 1 aromatic rings. The van der Waals surface area contributed by atoms with Gasteiger partial charge < -0.3 is 10.0 Å². The monoisotopic (exact) mass is 268 g/mol. The molecule has 0 aliphatic rings. The molecule has 0 radical (unpaired) electrons. The molecule has 0 bridgehead atoms. The van der Waals surface area contributed by atoms with Crippen LogP contribution in [-0.4, -0.2) is 24.8 Å². The van der Waals surface area contributed by atoms with E-state index in [-0.39, 0.29) is 12.6 Å². The number of nitriles is 1. The fourth-order valence-corrected chi connectivity index (χ4v) is 1.60. The zero-order chi connectivity index (χ0) is 11.4. The SMILES string of the molecule is CC(CO)N(C)c1cc(Br)ccc1C#N. The van der Waals surface area contributed by atoms with Crippen LogP contribution in [0.3, 0.4) is 0 Å². The van der Waals surface area contributed by atoms with Crippen molar-refractivity contribution in [3.8, 4) is 6.07 Å². The van der Waals surface area contributed by atoms with Crippen molar-refractivity contribution in [2.45, 2.75) is 13.0 Å². The molecule has 1 unspecified atom stereocenters. The maximum atomic E-state index is 9.06. The largest absolute Gasteiger partial charge is 0.394 e. The van der Waals surface area contributed by atoms with Crippen molar-refractivity contribution in [3.05, 3.63) is 28.2 Å². The first-order chi connectivity index (χ1) is 7.10. The molecule has 1 aromatic carbocycles. The second-order valence-corrected chi connectivity index (χ2v) is 4.33. The molecule has 80 valence electrons. The van der Waals surface area contributed by atoms with Crippen LogP contribution in [0.4, 0.5) is 5.69 Å². The standard InChI is InChI=1S/C11H13BrN2O/c1-8(7-15)14(2)11-5-10(12)4-3-9(11)6-13/h3-5,8,15H,7H2,1-2H3. The van der Waals surface area contributed by atoms with Gasteiger partial charge >= 0.3 is 0 Å². The van der Waals surface area contributed by atoms with Crippen LogP contribution in [0.1, 0.15) is 12.5 Å². The summed E-state index contributed by atoms with van der Waals surface area (Å²) in [6.45, 7) is 1.97. The molecule has 0 saturated heterocycles. The lowest BCUT2D eigenvalue weighted by molar-refractivity contribution is 0.270. The van der Waals surface area contributed by atoms with Crippen LogP contribution in [0.15, 0.2) is 22.7 Å². The van der Waals surface area contributed by atoms with Crippen molar-refractivity contribution in [3.63, 3.8) is 0 Å². The highest BCUT2D eigenvalue weighted by molar-refractivity contribution is 9.10. The second-order valence-electron chi connectivity index (χ2n) is 3.42. The number of likely N-dealkylation sites (N-methyl/N-ethyl adjacent to an activating group) is 1. The molecule has 0 heterocycles. The first kappa shape index (κ1) is 12.0. The summed E-state index contributed by atoms with van der Waals surface area (Å²) in [7, 11) is 1.86. The van der Waals surface area contributed by atoms with E-state index < -0.39 is 0 Å². The predicted molar refractivity (Wildman–Crippen MR) is 63.8 cm³/mol. The Hall–Kier alpha value is -1.05. The van der Waals surface area contributed by atoms with E-state index in [9.17, 15) is 0 Å². The number of benzene rings is 1. The van der Waals surface area contributed by atoms with Gasteiger partial charge in [-0.2, -0.15) is 5.26 Å². The Bertz CT molecular complexity index is 387. The van der Waals surface area contributed by atoms with Gasteiger partial charge in [-0.05, 0) is 25.1 Å². The smallest absolute Gasteiger partial charge is 0.101 e. The summed E-state index contributed by atoms with van der Waals surface area (Å²) >= 11 is 3.37. The Balaban J connectivity index is 3.12. The van der Waals surface area contributed by atoms with Gasteiger partial charge in [0.15, 0.2) is 0 Å². The molecule has 0 aliphatic heterocycles. The molecule has 0 aliphatic carbocycles. The van der Waals surface area contributed by atoms with Crippen molar-refractivity contribution < 1.29 is 5.11 Å². The third-order valence-corrected chi connectivity index (χ3v) is 2.88. The minimum atomic E-state index is -0.00796. The van der Waals surface area contributed by atoms with E-state index in [1.54, 1.807) is 6.07 Å². The van der Waals surface area contributed by atoms with Crippen molar-refractivity contribution in [1.29, 1.82) is 5.26 Å². The number of hydrogen-bond donors (Lipinski definition) is 1. The van der Waals surface area contributed by atoms with Crippen LogP contribution in [0.5, 0.6) is 0 Å². The van der Waals surface area contributed by atoms with E-state index in [2.05, 4.69) is 22.0 Å². The zero-order valence-corrected chi connectivity index (χ0v) is 10.3. The molecule has 15 heavy (non-hydrogen) atoms. The highest BCUT2D eigenvalue weighted by atomic mass is 79.9. The summed E-state index contributed by atoms with van der Waals surface area (Å²) in [5.74, 6) is 0. The average molecular weight is 269 g/mol. The fraction of sp³-hybridized carbons (Fsp3) is 0.364. The first-order valence-electron chi connectivity index (χ1n) is 4.63. The van der Waals surface area contributed by atoms with E-state index in [1.165, 1.54) is 0 Å². The van der Waals surface area contributed by atoms with Crippen LogP contribution in [-0.2, 0) is 0 Å². The number of hydrogen-bond acceptors (Lipinski definition) is 3. The van der Waals surface area contributed by atoms with Gasteiger partial charge in [0.25, 0.3) is 0 Å². The quantitative estimate of drug-likeness (QED) is 0.914. The molecule has 0 aromatic heterocycles. The Morgan fingerprint density at radius 2 is 2.27 bits per heavy atom. The van der Waals surface area contributed by atoms with Crippen LogP contribution >= 0.6 is 15.9 Å². The first-order valence-corrected chi connectivity index (χ1v) is 5.42. The lowest BCUT2D eigenvalue weighted by Crippen LogP contribution is -2.32. The molecule has 0 spiro atoms. The van der Waals surface area contributed by atoms with E-state index in [0.717, 1.165) is 10.2 Å². The molecule has 1 N–H and O–H groups in total. The summed E-state index contributed by atoms with van der Waals surface area (Å²) in [5, 5.41) is 18.0. The Labute approximate surface area is 98.1 Å². The maximum Gasteiger partial charge on any atom is 0.101 e. The van der Waals surface area contributed by atoms with Gasteiger partial charge in [0.2, 0.25) is 0 Å². The molecule has 0 saturated carbocycles. The normalized spacial score (nSPS) is 11.9. The van der Waals surface area contributed by atoms with Gasteiger partial charge in [-0.15, -0.1) is 0 Å². The Kier molecular flexibility index (Phi) is 4.13. The summed E-state index contributed by atoms with van der Waals surface area (Å²) in [6.07, 6.45) is 0. The van der Waals surface area contributed by atoms with E-state index in [1.807, 2.05) is 31.0 Å². The zero-order valence-electron chi connectivity index (χ0n) is 8.74. The van der Waals surface area contributed by atoms with Crippen LogP contribution in [0.25, 0.3) is 0 Å². The Morgan fingerprint density at radius 1 is 1.60 bits per heavy atom. The average Bonchev–Trinajstić information content (AvgIpc) is 2.27. The third-order valence-electron chi connectivity index (χ3n) is 2.39. The van der Waals surface area contributed by atoms with Crippen LogP contribution < -0.4 is 4.90 Å². The van der Waals surface area contributed by atoms with Gasteiger partial charge in [-0.25, -0.2) is 0 Å². The lowest BCUT2D eigenvalue weighted by Gasteiger charge is -2.26. The highest BCUT2D eigenvalue weighted by Gasteiger charge is 2.12. The minimum Gasteiger partial charge on any atom is -0.394 e. The molecule has 0 amide bonds. The summed E-state index contributed by atoms with van der Waals surface area (Å²) in [5.41, 5.74) is 1.44. The van der Waals surface area contributed by atoms with E-state index in [4.69, 9.17) is 10.4 Å². The van der Waals surface area contributed by atoms with Gasteiger partial charge in [0.1, 0.15) is 6.07 Å². The molecule has 1 atom stereocenters. The second kappa shape index (κ2) is 5.15. The van der Waals surface area contributed by atoms with Gasteiger partial charge in [0.05, 0.1) is 17.9 Å². The topological polar surface area (TPSA) is 47.3 Å². The summed E-state index contributed by atoms with van der Waals surface area (Å²) in [4.78, 5) is 1.89. The van der Waals surface area contributed by atoms with E-state index >= 15 is 0 Å². The van der Waals surface area contributed by atoms with Gasteiger partial charge in [-0.1, -0.05) is 15.9 Å². The molecule has 4 heteroatoms. The van der Waals surface area contributed by atoms with Crippen molar-refractivity contribution in [2.75, 3.05) is 18.6 Å². The fourth-order valence-electron chi connectivity index (χ4n) is 1.25. The molecular formula is C11H13BrN2O. The number of aliphatic hydroxyl groups is 1. The van der Waals surface area contributed by atoms with Crippen LogP contribution in [0.2, 0.25) is 0 Å². The van der Waals surface area contributed by atoms with E-state index in [0.29, 0.717) is 5.56 Å². The summed E-state index contributed by atoms with van der Waals surface area (Å²) in [6, 6.07) is 7.61. The molecule has 0 fully saturated rings. The van der Waals surface area contributed by atoms with Gasteiger partial charge in [-0.3, -0.25) is 0 Å². The van der Waals surface area contributed by atoms with Crippen molar-refractivity contribution in [1.82, 2.24) is 0 Å². The number of aliphatic hydroxyl groups excluding tert-OH is 1. The predicted octanol–water partition coefficient (Wildman–Crippen LogP) is 2.14. The number of rotatable bonds is 3. The van der Waals surface area contributed by atoms with Crippen LogP contribution in [0, 0.1) is 11.3 Å². The Morgan fingerprint density at radius 3 is 2.80 bits per heavy atom. The molecule has 1 rings (SSSR count). The third kappa shape index (κ3) is 2.71. The number of anilines is 1. The highest BCUT2D eigenvalue weighted by Crippen LogP contribution is 2.25.